The first kappa shape index (κ1) is 21.9. The Morgan fingerprint density at radius 2 is 1.84 bits per heavy atom. The third kappa shape index (κ3) is 4.51. The van der Waals surface area contributed by atoms with Crippen LogP contribution in [-0.4, -0.2) is 70.1 Å². The van der Waals surface area contributed by atoms with Gasteiger partial charge in [0.25, 0.3) is 0 Å². The van der Waals surface area contributed by atoms with Crippen LogP contribution in [-0.2, 0) is 21.1 Å². The highest BCUT2D eigenvalue weighted by Crippen LogP contribution is 2.33. The van der Waals surface area contributed by atoms with Gasteiger partial charge in [-0.25, -0.2) is 8.42 Å². The molecule has 2 aliphatic heterocycles. The summed E-state index contributed by atoms with van der Waals surface area (Å²) < 4.78 is 35.8. The van der Waals surface area contributed by atoms with Crippen molar-refractivity contribution in [3.05, 3.63) is 53.1 Å². The van der Waals surface area contributed by atoms with Gasteiger partial charge in [-0.1, -0.05) is 17.7 Å². The van der Waals surface area contributed by atoms with Crippen molar-refractivity contribution < 1.29 is 22.7 Å². The summed E-state index contributed by atoms with van der Waals surface area (Å²) in [4.78, 5) is 16.7. The molecule has 0 spiro atoms. The fraction of sp³-hybridized carbons (Fsp3) is 0.409. The first-order valence-corrected chi connectivity index (χ1v) is 12.2. The maximum absolute atomic E-state index is 13.1. The van der Waals surface area contributed by atoms with E-state index in [0.717, 1.165) is 17.1 Å². The van der Waals surface area contributed by atoms with Crippen LogP contribution in [0.5, 0.6) is 11.5 Å². The predicted octanol–water partition coefficient (Wildman–Crippen LogP) is 2.41. The lowest BCUT2D eigenvalue weighted by Crippen LogP contribution is -2.62. The van der Waals surface area contributed by atoms with Crippen molar-refractivity contribution >= 4 is 33.0 Å². The standard InChI is InChI=1S/C22H25ClN2O5S/c1-29-18-6-7-21(30-2)15(10-18)8-9-24-12-22(26)25(17-5-3-4-16(23)11-17)20-14-31(27,28)13-19(20)24/h3-7,10-11,19-20H,8-9,12-14H2,1-2H3/t19-,20-/m1/s1. The third-order valence-corrected chi connectivity index (χ3v) is 7.88. The van der Waals surface area contributed by atoms with Gasteiger partial charge in [0.2, 0.25) is 5.91 Å². The number of ether oxygens (including phenoxy) is 2. The molecule has 2 aliphatic rings. The molecule has 0 aromatic heterocycles. The minimum absolute atomic E-state index is 0.0389. The van der Waals surface area contributed by atoms with Crippen molar-refractivity contribution in [3.63, 3.8) is 0 Å². The summed E-state index contributed by atoms with van der Waals surface area (Å²) >= 11 is 6.12. The highest BCUT2D eigenvalue weighted by molar-refractivity contribution is 7.91. The number of amides is 1. The van der Waals surface area contributed by atoms with Gasteiger partial charge in [-0.2, -0.15) is 0 Å². The molecule has 2 aromatic carbocycles. The number of hydrogen-bond acceptors (Lipinski definition) is 6. The van der Waals surface area contributed by atoms with Crippen molar-refractivity contribution in [1.29, 1.82) is 0 Å². The van der Waals surface area contributed by atoms with E-state index < -0.39 is 15.9 Å². The number of rotatable bonds is 6. The lowest BCUT2D eigenvalue weighted by atomic mass is 10.0. The summed E-state index contributed by atoms with van der Waals surface area (Å²) in [5.74, 6) is 1.32. The predicted molar refractivity (Wildman–Crippen MR) is 120 cm³/mol. The van der Waals surface area contributed by atoms with E-state index in [4.69, 9.17) is 21.1 Å². The van der Waals surface area contributed by atoms with Crippen LogP contribution in [0.4, 0.5) is 5.69 Å². The zero-order chi connectivity index (χ0) is 22.2. The van der Waals surface area contributed by atoms with Crippen LogP contribution < -0.4 is 14.4 Å². The average molecular weight is 465 g/mol. The normalized spacial score (nSPS) is 22.9. The van der Waals surface area contributed by atoms with Gasteiger partial charge in [-0.05, 0) is 48.4 Å². The van der Waals surface area contributed by atoms with E-state index in [1.54, 1.807) is 43.4 Å². The van der Waals surface area contributed by atoms with Gasteiger partial charge in [0, 0.05) is 23.3 Å². The number of methoxy groups -OCH3 is 2. The number of nitrogens with zero attached hydrogens (tertiary/aromatic N) is 2. The molecule has 2 fully saturated rings. The molecule has 31 heavy (non-hydrogen) atoms. The van der Waals surface area contributed by atoms with Crippen LogP contribution >= 0.6 is 11.6 Å². The van der Waals surface area contributed by atoms with Crippen molar-refractivity contribution in [2.45, 2.75) is 18.5 Å². The minimum Gasteiger partial charge on any atom is -0.497 e. The Bertz CT molecular complexity index is 1090. The van der Waals surface area contributed by atoms with E-state index in [1.807, 2.05) is 23.1 Å². The van der Waals surface area contributed by atoms with Crippen LogP contribution in [0.2, 0.25) is 5.02 Å². The number of carbonyl (C=O) groups is 1. The minimum atomic E-state index is -3.26. The molecule has 0 unspecified atom stereocenters. The quantitative estimate of drug-likeness (QED) is 0.653. The number of anilines is 1. The summed E-state index contributed by atoms with van der Waals surface area (Å²) in [6.45, 7) is 0.685. The molecule has 0 aliphatic carbocycles. The average Bonchev–Trinajstić information content (AvgIpc) is 3.06. The molecule has 2 heterocycles. The molecule has 2 saturated heterocycles. The monoisotopic (exact) mass is 464 g/mol. The van der Waals surface area contributed by atoms with Crippen LogP contribution in [0.15, 0.2) is 42.5 Å². The number of fused-ring (bicyclic) bond motifs is 1. The van der Waals surface area contributed by atoms with E-state index in [9.17, 15) is 13.2 Å². The van der Waals surface area contributed by atoms with Crippen LogP contribution in [0, 0.1) is 0 Å². The maximum Gasteiger partial charge on any atom is 0.241 e. The highest BCUT2D eigenvalue weighted by Gasteiger charge is 2.49. The highest BCUT2D eigenvalue weighted by atomic mass is 35.5. The first-order chi connectivity index (χ1) is 14.8. The molecule has 0 radical (unpaired) electrons. The van der Waals surface area contributed by atoms with E-state index in [-0.39, 0.29) is 30.0 Å². The van der Waals surface area contributed by atoms with E-state index in [1.165, 1.54) is 0 Å². The Balaban J connectivity index is 1.59. The Labute approximate surface area is 187 Å². The zero-order valence-electron chi connectivity index (χ0n) is 17.5. The number of hydrogen-bond donors (Lipinski definition) is 0. The van der Waals surface area contributed by atoms with Gasteiger partial charge in [0.15, 0.2) is 9.84 Å². The Morgan fingerprint density at radius 3 is 2.55 bits per heavy atom. The molecule has 7 nitrogen and oxygen atoms in total. The van der Waals surface area contributed by atoms with Gasteiger partial charge in [0.1, 0.15) is 11.5 Å². The summed E-state index contributed by atoms with van der Waals surface area (Å²) in [6, 6.07) is 11.9. The summed E-state index contributed by atoms with van der Waals surface area (Å²) in [5.41, 5.74) is 1.59. The van der Waals surface area contributed by atoms with Gasteiger partial charge < -0.3 is 14.4 Å². The van der Waals surface area contributed by atoms with Gasteiger partial charge in [-0.15, -0.1) is 0 Å². The topological polar surface area (TPSA) is 76.2 Å². The number of halogens is 1. The van der Waals surface area contributed by atoms with Crippen LogP contribution in [0.25, 0.3) is 0 Å². The Morgan fingerprint density at radius 1 is 1.06 bits per heavy atom. The van der Waals surface area contributed by atoms with Crippen molar-refractivity contribution in [2.75, 3.05) is 43.7 Å². The second-order valence-corrected chi connectivity index (χ2v) is 10.4. The first-order valence-electron chi connectivity index (χ1n) is 10.0. The molecule has 9 heteroatoms. The lowest BCUT2D eigenvalue weighted by molar-refractivity contribution is -0.123. The second-order valence-electron chi connectivity index (χ2n) is 7.85. The molecular weight excluding hydrogens is 440 g/mol. The summed E-state index contributed by atoms with van der Waals surface area (Å²) in [6.07, 6.45) is 0.605. The number of carbonyl (C=O) groups excluding carboxylic acids is 1. The van der Waals surface area contributed by atoms with Gasteiger partial charge >= 0.3 is 0 Å². The van der Waals surface area contributed by atoms with E-state index in [2.05, 4.69) is 0 Å². The van der Waals surface area contributed by atoms with Crippen LogP contribution in [0.1, 0.15) is 5.56 Å². The molecule has 2 aromatic rings. The molecular formula is C22H25ClN2O5S. The summed E-state index contributed by atoms with van der Waals surface area (Å²) in [7, 11) is -0.0421. The van der Waals surface area contributed by atoms with Crippen molar-refractivity contribution in [1.82, 2.24) is 4.90 Å². The lowest BCUT2D eigenvalue weighted by Gasteiger charge is -2.43. The number of benzene rings is 2. The van der Waals surface area contributed by atoms with Crippen LogP contribution in [0.3, 0.4) is 0 Å². The Kier molecular flexibility index (Phi) is 6.14. The molecule has 0 saturated carbocycles. The van der Waals surface area contributed by atoms with Crippen molar-refractivity contribution in [2.24, 2.45) is 0 Å². The third-order valence-electron chi connectivity index (χ3n) is 5.94. The number of sulfone groups is 1. The fourth-order valence-electron chi connectivity index (χ4n) is 4.51. The van der Waals surface area contributed by atoms with Gasteiger partial charge in [0.05, 0.1) is 38.3 Å². The Hall–Kier alpha value is -2.29. The van der Waals surface area contributed by atoms with Crippen molar-refractivity contribution in [3.8, 4) is 11.5 Å². The maximum atomic E-state index is 13.1. The molecule has 2 atom stereocenters. The van der Waals surface area contributed by atoms with Gasteiger partial charge in [-0.3, -0.25) is 9.69 Å². The molecule has 4 rings (SSSR count). The zero-order valence-corrected chi connectivity index (χ0v) is 19.0. The second kappa shape index (κ2) is 8.68. The summed E-state index contributed by atoms with van der Waals surface area (Å²) in [5, 5.41) is 0.509. The smallest absolute Gasteiger partial charge is 0.241 e. The number of piperazine rings is 1. The molecule has 166 valence electrons. The molecule has 0 bridgehead atoms. The SMILES string of the molecule is COc1ccc(OC)c(CCN2CC(=O)N(c3cccc(Cl)c3)[C@@H]3CS(=O)(=O)C[C@H]32)c1. The van der Waals surface area contributed by atoms with E-state index in [0.29, 0.717) is 23.7 Å². The molecule has 0 N–H and O–H groups in total. The van der Waals surface area contributed by atoms with E-state index >= 15 is 0 Å². The largest absolute Gasteiger partial charge is 0.497 e. The fourth-order valence-corrected chi connectivity index (χ4v) is 6.67. The molecule has 1 amide bonds.